The van der Waals surface area contributed by atoms with Crippen molar-refractivity contribution in [3.63, 3.8) is 0 Å². The molecule has 0 spiro atoms. The van der Waals surface area contributed by atoms with Gasteiger partial charge in [-0.2, -0.15) is 0 Å². The Kier molecular flexibility index (Phi) is 5.57. The minimum Gasteiger partial charge on any atom is -0.489 e. The topological polar surface area (TPSA) is 113 Å². The van der Waals surface area contributed by atoms with Gasteiger partial charge in [0.2, 0.25) is 5.91 Å². The fourth-order valence-corrected chi connectivity index (χ4v) is 2.61. The maximum absolute atomic E-state index is 12.1. The molecule has 4 N–H and O–H groups in total. The van der Waals surface area contributed by atoms with Gasteiger partial charge in [-0.3, -0.25) is 9.59 Å². The molecule has 0 radical (unpaired) electrons. The first-order valence-corrected chi connectivity index (χ1v) is 7.49. The molecule has 7 nitrogen and oxygen atoms in total. The van der Waals surface area contributed by atoms with Crippen molar-refractivity contribution in [3.05, 3.63) is 23.8 Å². The number of primary amides is 1. The number of carbonyl (C=O) groups excluding carboxylic acids is 2. The molecule has 1 heterocycles. The normalized spacial score (nSPS) is 16.9. The van der Waals surface area contributed by atoms with Crippen molar-refractivity contribution in [3.8, 4) is 5.75 Å². The third-order valence-electron chi connectivity index (χ3n) is 4.10. The van der Waals surface area contributed by atoms with Crippen LogP contribution in [0.2, 0.25) is 0 Å². The molecule has 1 aromatic carbocycles. The fourth-order valence-electron chi connectivity index (χ4n) is 2.61. The van der Waals surface area contributed by atoms with Crippen molar-refractivity contribution in [2.45, 2.75) is 18.9 Å². The number of aliphatic hydroxyl groups is 2. The summed E-state index contributed by atoms with van der Waals surface area (Å²) in [5.74, 6) is -0.350. The quantitative estimate of drug-likeness (QED) is 0.648. The first-order valence-electron chi connectivity index (χ1n) is 7.49. The number of carbonyl (C=O) groups is 2. The van der Waals surface area contributed by atoms with Crippen molar-refractivity contribution in [1.82, 2.24) is 0 Å². The molecular weight excluding hydrogens is 300 g/mol. The van der Waals surface area contributed by atoms with E-state index in [0.717, 1.165) is 0 Å². The molecule has 1 aliphatic heterocycles. The Morgan fingerprint density at radius 1 is 1.39 bits per heavy atom. The lowest BCUT2D eigenvalue weighted by atomic mass is 9.98. The maximum atomic E-state index is 12.1. The molecular formula is C16H22N2O5. The maximum Gasteiger partial charge on any atom is 0.248 e. The first kappa shape index (κ1) is 17.2. The van der Waals surface area contributed by atoms with Crippen molar-refractivity contribution in [1.29, 1.82) is 0 Å². The van der Waals surface area contributed by atoms with E-state index >= 15 is 0 Å². The molecule has 23 heavy (non-hydrogen) atoms. The summed E-state index contributed by atoms with van der Waals surface area (Å²) in [6.07, 6.45) is 0.374. The van der Waals surface area contributed by atoms with Gasteiger partial charge in [-0.15, -0.1) is 0 Å². The molecule has 2 rings (SSSR count). The van der Waals surface area contributed by atoms with Crippen molar-refractivity contribution >= 4 is 17.4 Å². The van der Waals surface area contributed by atoms with Crippen LogP contribution in [0.5, 0.6) is 5.75 Å². The summed E-state index contributed by atoms with van der Waals surface area (Å²) in [6.45, 7) is -0.0812. The van der Waals surface area contributed by atoms with E-state index in [2.05, 4.69) is 0 Å². The Bertz CT molecular complexity index is 586. The summed E-state index contributed by atoms with van der Waals surface area (Å²) >= 11 is 0. The van der Waals surface area contributed by atoms with E-state index < -0.39 is 11.8 Å². The van der Waals surface area contributed by atoms with Gasteiger partial charge in [0.25, 0.3) is 0 Å². The number of hydrogen-bond donors (Lipinski definition) is 3. The zero-order chi connectivity index (χ0) is 17.0. The lowest BCUT2D eigenvalue weighted by molar-refractivity contribution is -0.121. The lowest BCUT2D eigenvalue weighted by Gasteiger charge is -2.36. The van der Waals surface area contributed by atoms with Gasteiger partial charge in [0, 0.05) is 44.6 Å². The average molecular weight is 322 g/mol. The number of rotatable bonds is 7. The molecule has 0 bridgehead atoms. The molecule has 1 atom stereocenters. The Hall–Kier alpha value is -2.12. The number of hydrogen-bond acceptors (Lipinski definition) is 6. The van der Waals surface area contributed by atoms with Gasteiger partial charge in [0.05, 0.1) is 11.7 Å². The van der Waals surface area contributed by atoms with E-state index in [0.29, 0.717) is 23.6 Å². The van der Waals surface area contributed by atoms with Crippen LogP contribution >= 0.6 is 0 Å². The van der Waals surface area contributed by atoms with Gasteiger partial charge in [-0.05, 0) is 18.2 Å². The highest BCUT2D eigenvalue weighted by molar-refractivity contribution is 5.94. The number of ketones is 1. The molecule has 126 valence electrons. The largest absolute Gasteiger partial charge is 0.489 e. The van der Waals surface area contributed by atoms with Crippen LogP contribution in [-0.2, 0) is 4.79 Å². The number of nitrogens with zero attached hydrogens (tertiary/aromatic N) is 1. The SMILES string of the molecule is CN1c2cc(C(N)=O)ccc2OCC1CC(=O)CC(CO)CO. The van der Waals surface area contributed by atoms with Crippen LogP contribution in [0.3, 0.4) is 0 Å². The Balaban J connectivity index is 2.08. The fraction of sp³-hybridized carbons (Fsp3) is 0.500. The Morgan fingerprint density at radius 2 is 2.09 bits per heavy atom. The van der Waals surface area contributed by atoms with E-state index in [1.54, 1.807) is 18.2 Å². The lowest BCUT2D eigenvalue weighted by Crippen LogP contribution is -2.42. The zero-order valence-electron chi connectivity index (χ0n) is 13.1. The molecule has 1 unspecified atom stereocenters. The van der Waals surface area contributed by atoms with Crippen LogP contribution in [0.25, 0.3) is 0 Å². The Labute approximate surface area is 134 Å². The van der Waals surface area contributed by atoms with E-state index in [1.807, 2.05) is 11.9 Å². The molecule has 1 amide bonds. The first-order chi connectivity index (χ1) is 11.0. The van der Waals surface area contributed by atoms with Crippen LogP contribution in [0.15, 0.2) is 18.2 Å². The van der Waals surface area contributed by atoms with Crippen LogP contribution in [0, 0.1) is 5.92 Å². The van der Waals surface area contributed by atoms with Crippen molar-refractivity contribution in [2.24, 2.45) is 11.7 Å². The number of amides is 1. The predicted molar refractivity (Wildman–Crippen MR) is 84.5 cm³/mol. The highest BCUT2D eigenvalue weighted by atomic mass is 16.5. The van der Waals surface area contributed by atoms with Crippen molar-refractivity contribution < 1.29 is 24.5 Å². The van der Waals surface area contributed by atoms with Gasteiger partial charge in [0.15, 0.2) is 0 Å². The number of ether oxygens (including phenoxy) is 1. The summed E-state index contributed by atoms with van der Waals surface area (Å²) in [7, 11) is 1.83. The Morgan fingerprint density at radius 3 is 2.70 bits per heavy atom. The average Bonchev–Trinajstić information content (AvgIpc) is 2.55. The summed E-state index contributed by atoms with van der Waals surface area (Å²) in [4.78, 5) is 25.3. The van der Waals surface area contributed by atoms with Crippen LogP contribution < -0.4 is 15.4 Å². The molecule has 1 aromatic rings. The summed E-state index contributed by atoms with van der Waals surface area (Å²) in [5.41, 5.74) is 6.39. The molecule has 0 saturated carbocycles. The van der Waals surface area contributed by atoms with E-state index in [4.69, 9.17) is 20.7 Å². The monoisotopic (exact) mass is 322 g/mol. The van der Waals surface area contributed by atoms with Crippen LogP contribution in [-0.4, -0.2) is 54.8 Å². The highest BCUT2D eigenvalue weighted by Crippen LogP contribution is 2.34. The number of benzene rings is 1. The molecule has 0 aliphatic carbocycles. The second kappa shape index (κ2) is 7.43. The number of fused-ring (bicyclic) bond motifs is 1. The standard InChI is InChI=1S/C16H22N2O5/c1-18-12(6-13(21)4-10(7-19)8-20)9-23-15-3-2-11(16(17)22)5-14(15)18/h2-3,5,10,12,19-20H,4,6-9H2,1H3,(H2,17,22). The molecule has 7 heteroatoms. The van der Waals surface area contributed by atoms with Gasteiger partial charge in [0.1, 0.15) is 18.1 Å². The van der Waals surface area contributed by atoms with Crippen LogP contribution in [0.1, 0.15) is 23.2 Å². The van der Waals surface area contributed by atoms with E-state index in [9.17, 15) is 9.59 Å². The van der Waals surface area contributed by atoms with Gasteiger partial charge < -0.3 is 25.6 Å². The molecule has 0 fully saturated rings. The van der Waals surface area contributed by atoms with Gasteiger partial charge >= 0.3 is 0 Å². The number of nitrogens with two attached hydrogens (primary N) is 1. The van der Waals surface area contributed by atoms with E-state index in [1.165, 1.54) is 0 Å². The number of likely N-dealkylation sites (N-methyl/N-ethyl adjacent to an activating group) is 1. The minimum atomic E-state index is -0.520. The summed E-state index contributed by atoms with van der Waals surface area (Å²) in [6, 6.07) is 4.78. The van der Waals surface area contributed by atoms with Gasteiger partial charge in [-0.1, -0.05) is 0 Å². The number of anilines is 1. The highest BCUT2D eigenvalue weighted by Gasteiger charge is 2.28. The van der Waals surface area contributed by atoms with Gasteiger partial charge in [-0.25, -0.2) is 0 Å². The number of aliphatic hydroxyl groups excluding tert-OH is 2. The van der Waals surface area contributed by atoms with Crippen molar-refractivity contribution in [2.75, 3.05) is 31.8 Å². The number of Topliss-reactive ketones (excluding diaryl/α,β-unsaturated/α-hetero) is 1. The van der Waals surface area contributed by atoms with Crippen LogP contribution in [0.4, 0.5) is 5.69 Å². The third kappa shape index (κ3) is 4.00. The zero-order valence-corrected chi connectivity index (χ0v) is 13.1. The molecule has 0 aromatic heterocycles. The summed E-state index contributed by atoms with van der Waals surface area (Å²) < 4.78 is 5.65. The third-order valence-corrected chi connectivity index (χ3v) is 4.10. The molecule has 1 aliphatic rings. The minimum absolute atomic E-state index is 0.0481. The second-order valence-corrected chi connectivity index (χ2v) is 5.80. The second-order valence-electron chi connectivity index (χ2n) is 5.80. The van der Waals surface area contributed by atoms with E-state index in [-0.39, 0.29) is 37.9 Å². The molecule has 0 saturated heterocycles. The smallest absolute Gasteiger partial charge is 0.248 e. The predicted octanol–water partition coefficient (Wildman–Crippen LogP) is -0.0672. The summed E-state index contributed by atoms with van der Waals surface area (Å²) in [5, 5.41) is 18.1.